The Morgan fingerprint density at radius 3 is 2.58 bits per heavy atom. The van der Waals surface area contributed by atoms with E-state index in [0.717, 1.165) is 68.8 Å². The second-order valence-electron chi connectivity index (χ2n) is 7.84. The number of thioether (sulfide) groups is 1. The van der Waals surface area contributed by atoms with Crippen molar-refractivity contribution in [2.75, 3.05) is 31.6 Å². The van der Waals surface area contributed by atoms with Crippen LogP contribution in [0.5, 0.6) is 0 Å². The first kappa shape index (κ1) is 25.9. The Kier molecular flexibility index (Phi) is 11.7. The van der Waals surface area contributed by atoms with Crippen LogP contribution in [0.4, 0.5) is 0 Å². The molecule has 2 N–H and O–H groups in total. The van der Waals surface area contributed by atoms with Gasteiger partial charge in [-0.1, -0.05) is 30.3 Å². The summed E-state index contributed by atoms with van der Waals surface area (Å²) in [6.45, 7) is 6.67. The Bertz CT molecular complexity index is 788. The summed E-state index contributed by atoms with van der Waals surface area (Å²) < 4.78 is 2.00. The molecule has 0 saturated carbocycles. The molecule has 0 spiro atoms. The lowest BCUT2D eigenvalue weighted by Crippen LogP contribution is -2.48. The smallest absolute Gasteiger partial charge is 0.191 e. The van der Waals surface area contributed by atoms with Crippen molar-refractivity contribution in [1.82, 2.24) is 30.3 Å². The third-order valence-electron chi connectivity index (χ3n) is 5.56. The van der Waals surface area contributed by atoms with Gasteiger partial charge in [-0.2, -0.15) is 11.8 Å². The molecule has 0 unspecified atom stereocenters. The summed E-state index contributed by atoms with van der Waals surface area (Å²) >= 11 is 1.88. The highest BCUT2D eigenvalue weighted by Crippen LogP contribution is 2.14. The van der Waals surface area contributed by atoms with Crippen molar-refractivity contribution in [3.63, 3.8) is 0 Å². The standard InChI is InChI=1S/C22H35N7S.HI/c1-18-26-27-21(28(18)2)16-24-22(23-12-7-15-30-3)25-20-10-13-29(14-11-20)17-19-8-5-4-6-9-19;/h4-6,8-9,20H,7,10-17H2,1-3H3,(H2,23,24,25);1H. The Hall–Kier alpha value is -1.33. The summed E-state index contributed by atoms with van der Waals surface area (Å²) in [6, 6.07) is 11.2. The Labute approximate surface area is 207 Å². The van der Waals surface area contributed by atoms with Crippen LogP contribution in [0.15, 0.2) is 35.3 Å². The third-order valence-corrected chi connectivity index (χ3v) is 6.25. The van der Waals surface area contributed by atoms with Gasteiger partial charge in [0.1, 0.15) is 12.4 Å². The number of aryl methyl sites for hydroxylation is 1. The van der Waals surface area contributed by atoms with Gasteiger partial charge in [-0.25, -0.2) is 4.99 Å². The number of nitrogens with zero attached hydrogens (tertiary/aromatic N) is 5. The summed E-state index contributed by atoms with van der Waals surface area (Å²) in [5, 5.41) is 15.5. The van der Waals surface area contributed by atoms with Gasteiger partial charge < -0.3 is 15.2 Å². The van der Waals surface area contributed by atoms with Gasteiger partial charge in [-0.3, -0.25) is 4.90 Å². The van der Waals surface area contributed by atoms with E-state index >= 15 is 0 Å². The fourth-order valence-electron chi connectivity index (χ4n) is 3.58. The zero-order valence-electron chi connectivity index (χ0n) is 18.9. The zero-order chi connectivity index (χ0) is 21.2. The van der Waals surface area contributed by atoms with E-state index in [9.17, 15) is 0 Å². The number of hydrogen-bond donors (Lipinski definition) is 2. The van der Waals surface area contributed by atoms with Crippen molar-refractivity contribution >= 4 is 41.7 Å². The molecule has 9 heteroatoms. The minimum absolute atomic E-state index is 0. The van der Waals surface area contributed by atoms with E-state index in [0.29, 0.717) is 12.6 Å². The van der Waals surface area contributed by atoms with Gasteiger partial charge in [0.25, 0.3) is 0 Å². The molecular formula is C22H36IN7S. The van der Waals surface area contributed by atoms with Gasteiger partial charge in [0.05, 0.1) is 0 Å². The average molecular weight is 558 g/mol. The van der Waals surface area contributed by atoms with Gasteiger partial charge in [0, 0.05) is 39.3 Å². The van der Waals surface area contributed by atoms with Crippen LogP contribution in [0.25, 0.3) is 0 Å². The molecule has 1 aromatic carbocycles. The van der Waals surface area contributed by atoms with Crippen molar-refractivity contribution in [2.24, 2.45) is 12.0 Å². The van der Waals surface area contributed by atoms with Crippen LogP contribution in [0.1, 0.15) is 36.5 Å². The number of benzene rings is 1. The minimum atomic E-state index is 0. The number of aromatic nitrogens is 3. The number of rotatable bonds is 9. The number of likely N-dealkylation sites (tertiary alicyclic amines) is 1. The first-order valence-electron chi connectivity index (χ1n) is 10.8. The van der Waals surface area contributed by atoms with Crippen LogP contribution in [-0.2, 0) is 20.1 Å². The maximum absolute atomic E-state index is 4.80. The summed E-state index contributed by atoms with van der Waals surface area (Å²) in [5.74, 6) is 3.84. The molecule has 0 aliphatic carbocycles. The van der Waals surface area contributed by atoms with E-state index in [1.165, 1.54) is 5.56 Å². The molecule has 1 fully saturated rings. The molecule has 1 aliphatic rings. The predicted molar refractivity (Wildman–Crippen MR) is 141 cm³/mol. The SMILES string of the molecule is CSCCCNC(=NCc1nnc(C)n1C)NC1CCN(Cc2ccccc2)CC1.I. The van der Waals surface area contributed by atoms with Gasteiger partial charge in [-0.05, 0) is 43.8 Å². The van der Waals surface area contributed by atoms with Gasteiger partial charge >= 0.3 is 0 Å². The average Bonchev–Trinajstić information content (AvgIpc) is 3.09. The molecule has 2 heterocycles. The van der Waals surface area contributed by atoms with Crippen molar-refractivity contribution in [3.8, 4) is 0 Å². The van der Waals surface area contributed by atoms with Crippen LogP contribution in [0.3, 0.4) is 0 Å². The van der Waals surface area contributed by atoms with Gasteiger partial charge in [-0.15, -0.1) is 34.2 Å². The summed E-state index contributed by atoms with van der Waals surface area (Å²) in [5.41, 5.74) is 1.39. The van der Waals surface area contributed by atoms with Crippen LogP contribution in [0, 0.1) is 6.92 Å². The number of halogens is 1. The molecule has 1 aliphatic heterocycles. The normalized spacial score (nSPS) is 15.5. The van der Waals surface area contributed by atoms with Crippen LogP contribution in [0.2, 0.25) is 0 Å². The maximum Gasteiger partial charge on any atom is 0.191 e. The summed E-state index contributed by atoms with van der Waals surface area (Å²) in [6.07, 6.45) is 5.52. The number of nitrogens with one attached hydrogen (secondary N) is 2. The topological polar surface area (TPSA) is 70.4 Å². The minimum Gasteiger partial charge on any atom is -0.356 e. The van der Waals surface area contributed by atoms with Gasteiger partial charge in [0.15, 0.2) is 11.8 Å². The van der Waals surface area contributed by atoms with Gasteiger partial charge in [0.2, 0.25) is 0 Å². The van der Waals surface area contributed by atoms with Crippen LogP contribution >= 0.6 is 35.7 Å². The van der Waals surface area contributed by atoms with E-state index in [1.54, 1.807) is 0 Å². The number of piperidine rings is 1. The van der Waals surface area contributed by atoms with E-state index in [-0.39, 0.29) is 24.0 Å². The highest BCUT2D eigenvalue weighted by molar-refractivity contribution is 14.0. The Morgan fingerprint density at radius 1 is 1.19 bits per heavy atom. The quantitative estimate of drug-likeness (QED) is 0.214. The Morgan fingerprint density at radius 2 is 1.94 bits per heavy atom. The summed E-state index contributed by atoms with van der Waals surface area (Å²) in [7, 11) is 1.99. The van der Waals surface area contributed by atoms with Crippen molar-refractivity contribution in [2.45, 2.75) is 45.3 Å². The molecule has 1 aromatic heterocycles. The molecule has 172 valence electrons. The number of guanidine groups is 1. The van der Waals surface area contributed by atoms with Crippen molar-refractivity contribution in [3.05, 3.63) is 47.5 Å². The molecular weight excluding hydrogens is 521 g/mol. The largest absolute Gasteiger partial charge is 0.356 e. The summed E-state index contributed by atoms with van der Waals surface area (Å²) in [4.78, 5) is 7.34. The fourth-order valence-corrected chi connectivity index (χ4v) is 4.02. The Balaban J connectivity index is 0.00000341. The molecule has 7 nitrogen and oxygen atoms in total. The molecule has 31 heavy (non-hydrogen) atoms. The molecule has 0 amide bonds. The molecule has 2 aromatic rings. The van der Waals surface area contributed by atoms with Crippen molar-refractivity contribution < 1.29 is 0 Å². The third kappa shape index (κ3) is 8.61. The lowest BCUT2D eigenvalue weighted by molar-refractivity contribution is 0.198. The highest BCUT2D eigenvalue weighted by atomic mass is 127. The molecule has 0 bridgehead atoms. The molecule has 0 atom stereocenters. The first-order valence-corrected chi connectivity index (χ1v) is 12.2. The predicted octanol–water partition coefficient (Wildman–Crippen LogP) is 3.19. The number of hydrogen-bond acceptors (Lipinski definition) is 5. The lowest BCUT2D eigenvalue weighted by atomic mass is 10.0. The number of aliphatic imine (C=N–C) groups is 1. The zero-order valence-corrected chi connectivity index (χ0v) is 22.0. The molecule has 1 saturated heterocycles. The second kappa shape index (κ2) is 13.9. The lowest BCUT2D eigenvalue weighted by Gasteiger charge is -2.33. The van der Waals surface area contributed by atoms with E-state index in [2.05, 4.69) is 62.3 Å². The maximum atomic E-state index is 4.80. The van der Waals surface area contributed by atoms with E-state index in [4.69, 9.17) is 4.99 Å². The molecule has 3 rings (SSSR count). The first-order chi connectivity index (χ1) is 14.7. The van der Waals surface area contributed by atoms with Crippen LogP contribution in [-0.4, -0.2) is 63.3 Å². The van der Waals surface area contributed by atoms with Crippen molar-refractivity contribution in [1.29, 1.82) is 0 Å². The van der Waals surface area contributed by atoms with Crippen LogP contribution < -0.4 is 10.6 Å². The highest BCUT2D eigenvalue weighted by Gasteiger charge is 2.20. The van der Waals surface area contributed by atoms with E-state index in [1.807, 2.05) is 30.3 Å². The monoisotopic (exact) mass is 557 g/mol. The fraction of sp³-hybridized carbons (Fsp3) is 0.591. The second-order valence-corrected chi connectivity index (χ2v) is 8.83. The van der Waals surface area contributed by atoms with E-state index < -0.39 is 0 Å². The molecule has 0 radical (unpaired) electrons.